The first kappa shape index (κ1) is 12.8. The van der Waals surface area contributed by atoms with Crippen molar-refractivity contribution in [2.75, 3.05) is 0 Å². The van der Waals surface area contributed by atoms with Crippen molar-refractivity contribution in [1.82, 2.24) is 4.98 Å². The summed E-state index contributed by atoms with van der Waals surface area (Å²) in [5.41, 5.74) is 2.08. The molecule has 0 radical (unpaired) electrons. The molecule has 3 heteroatoms. The van der Waals surface area contributed by atoms with E-state index in [-0.39, 0.29) is 17.6 Å². The molecule has 1 fully saturated rings. The number of aliphatic hydroxyl groups excluding tert-OH is 1. The van der Waals surface area contributed by atoms with Gasteiger partial charge in [-0.2, -0.15) is 0 Å². The van der Waals surface area contributed by atoms with Gasteiger partial charge in [-0.15, -0.1) is 0 Å². The Hall–Kier alpha value is -1.22. The van der Waals surface area contributed by atoms with Crippen LogP contribution in [-0.4, -0.2) is 22.0 Å². The first-order valence-corrected chi connectivity index (χ1v) is 7.43. The van der Waals surface area contributed by atoms with E-state index in [1.165, 1.54) is 12.0 Å². The van der Waals surface area contributed by atoms with Crippen molar-refractivity contribution < 1.29 is 9.90 Å². The van der Waals surface area contributed by atoms with Gasteiger partial charge in [-0.25, -0.2) is 0 Å². The van der Waals surface area contributed by atoms with Crippen molar-refractivity contribution in [3.05, 3.63) is 29.6 Å². The van der Waals surface area contributed by atoms with E-state index < -0.39 is 6.10 Å². The zero-order valence-electron chi connectivity index (χ0n) is 11.2. The van der Waals surface area contributed by atoms with Crippen LogP contribution in [-0.2, 0) is 11.2 Å². The van der Waals surface area contributed by atoms with Gasteiger partial charge in [-0.1, -0.05) is 25.3 Å². The Balaban J connectivity index is 1.74. The highest BCUT2D eigenvalue weighted by Crippen LogP contribution is 2.35. The fourth-order valence-corrected chi connectivity index (χ4v) is 3.58. The Labute approximate surface area is 114 Å². The summed E-state index contributed by atoms with van der Waals surface area (Å²) in [5.74, 6) is 0.00601. The van der Waals surface area contributed by atoms with E-state index >= 15 is 0 Å². The normalized spacial score (nSPS) is 25.0. The number of aromatic nitrogens is 1. The number of ketones is 1. The summed E-state index contributed by atoms with van der Waals surface area (Å²) >= 11 is 0. The number of carbonyl (C=O) groups excluding carboxylic acids is 1. The average molecular weight is 259 g/mol. The number of fused-ring (bicyclic) bond motifs is 1. The molecule has 19 heavy (non-hydrogen) atoms. The molecule has 0 aromatic carbocycles. The van der Waals surface area contributed by atoms with Gasteiger partial charge in [0.15, 0.2) is 5.78 Å². The molecule has 0 aliphatic heterocycles. The lowest BCUT2D eigenvalue weighted by molar-refractivity contribution is -0.132. The number of carbonyl (C=O) groups is 1. The van der Waals surface area contributed by atoms with E-state index in [4.69, 9.17) is 0 Å². The van der Waals surface area contributed by atoms with E-state index in [1.54, 1.807) is 6.20 Å². The Morgan fingerprint density at radius 2 is 2.05 bits per heavy atom. The maximum Gasteiger partial charge on any atom is 0.170 e. The second-order valence-corrected chi connectivity index (χ2v) is 5.88. The Morgan fingerprint density at radius 3 is 2.84 bits per heavy atom. The number of pyridine rings is 1. The minimum Gasteiger partial charge on any atom is -0.385 e. The number of aryl methyl sites for hydroxylation is 1. The van der Waals surface area contributed by atoms with Gasteiger partial charge < -0.3 is 5.11 Å². The van der Waals surface area contributed by atoms with E-state index in [1.807, 2.05) is 12.1 Å². The molecule has 2 atom stereocenters. The third kappa shape index (κ3) is 2.44. The van der Waals surface area contributed by atoms with E-state index in [0.717, 1.165) is 44.2 Å². The molecular formula is C16H21NO2. The third-order valence-electron chi connectivity index (χ3n) is 4.69. The molecule has 0 spiro atoms. The minimum absolute atomic E-state index is 0.00403. The highest BCUT2D eigenvalue weighted by Gasteiger charge is 2.36. The zero-order valence-corrected chi connectivity index (χ0v) is 11.2. The van der Waals surface area contributed by atoms with Crippen molar-refractivity contribution in [2.24, 2.45) is 5.92 Å². The summed E-state index contributed by atoms with van der Waals surface area (Å²) in [7, 11) is 0. The van der Waals surface area contributed by atoms with Gasteiger partial charge >= 0.3 is 0 Å². The maximum absolute atomic E-state index is 12.5. The van der Waals surface area contributed by atoms with Crippen LogP contribution in [0, 0.1) is 5.92 Å². The van der Waals surface area contributed by atoms with Crippen molar-refractivity contribution >= 4 is 5.78 Å². The van der Waals surface area contributed by atoms with E-state index in [0.29, 0.717) is 0 Å². The molecule has 1 aromatic rings. The lowest BCUT2D eigenvalue weighted by atomic mass is 9.81. The second-order valence-electron chi connectivity index (χ2n) is 5.88. The van der Waals surface area contributed by atoms with Gasteiger partial charge in [0.25, 0.3) is 0 Å². The van der Waals surface area contributed by atoms with E-state index in [9.17, 15) is 9.90 Å². The molecule has 102 valence electrons. The molecule has 2 unspecified atom stereocenters. The highest BCUT2D eigenvalue weighted by atomic mass is 16.3. The number of rotatable bonds is 3. The van der Waals surface area contributed by atoms with Gasteiger partial charge in [0.1, 0.15) is 6.10 Å². The van der Waals surface area contributed by atoms with Crippen LogP contribution in [0.15, 0.2) is 18.3 Å². The van der Waals surface area contributed by atoms with Gasteiger partial charge in [-0.05, 0) is 43.2 Å². The van der Waals surface area contributed by atoms with Crippen molar-refractivity contribution in [1.29, 1.82) is 0 Å². The zero-order chi connectivity index (χ0) is 13.2. The highest BCUT2D eigenvalue weighted by molar-refractivity contribution is 5.90. The monoisotopic (exact) mass is 259 g/mol. The molecule has 0 saturated heterocycles. The van der Waals surface area contributed by atoms with Crippen LogP contribution in [0.3, 0.4) is 0 Å². The molecular weight excluding hydrogens is 238 g/mol. The van der Waals surface area contributed by atoms with Crippen molar-refractivity contribution in [3.8, 4) is 0 Å². The van der Waals surface area contributed by atoms with Crippen LogP contribution in [0.4, 0.5) is 0 Å². The van der Waals surface area contributed by atoms with Gasteiger partial charge in [0.05, 0.1) is 11.6 Å². The topological polar surface area (TPSA) is 50.2 Å². The molecule has 0 amide bonds. The molecule has 1 heterocycles. The van der Waals surface area contributed by atoms with Gasteiger partial charge in [0, 0.05) is 6.20 Å². The first-order valence-electron chi connectivity index (χ1n) is 7.43. The van der Waals surface area contributed by atoms with Crippen LogP contribution in [0.25, 0.3) is 0 Å². The van der Waals surface area contributed by atoms with Gasteiger partial charge in [-0.3, -0.25) is 9.78 Å². The first-order chi connectivity index (χ1) is 9.27. The lowest BCUT2D eigenvalue weighted by Gasteiger charge is -2.27. The fraction of sp³-hybridized carbons (Fsp3) is 0.625. The van der Waals surface area contributed by atoms with Crippen LogP contribution in [0.5, 0.6) is 0 Å². The molecule has 2 aliphatic carbocycles. The molecule has 3 nitrogen and oxygen atoms in total. The van der Waals surface area contributed by atoms with Crippen molar-refractivity contribution in [2.45, 2.75) is 57.0 Å². The molecule has 1 saturated carbocycles. The Kier molecular flexibility index (Phi) is 3.65. The summed E-state index contributed by atoms with van der Waals surface area (Å²) in [5, 5.41) is 10.4. The van der Waals surface area contributed by atoms with Crippen LogP contribution >= 0.6 is 0 Å². The SMILES string of the molecule is O=C(C1CCc2cccnc21)C(O)C1CCCCC1. The van der Waals surface area contributed by atoms with Gasteiger partial charge in [0.2, 0.25) is 0 Å². The summed E-state index contributed by atoms with van der Waals surface area (Å²) in [4.78, 5) is 16.9. The van der Waals surface area contributed by atoms with E-state index in [2.05, 4.69) is 4.98 Å². The number of hydrogen-bond acceptors (Lipinski definition) is 3. The number of hydrogen-bond donors (Lipinski definition) is 1. The summed E-state index contributed by atoms with van der Waals surface area (Å²) < 4.78 is 0. The van der Waals surface area contributed by atoms with Crippen molar-refractivity contribution in [3.63, 3.8) is 0 Å². The van der Waals surface area contributed by atoms with Crippen LogP contribution < -0.4 is 0 Å². The molecule has 2 aliphatic rings. The minimum atomic E-state index is -0.779. The smallest absolute Gasteiger partial charge is 0.170 e. The predicted octanol–water partition coefficient (Wildman–Crippen LogP) is 2.62. The Bertz CT molecular complexity index is 466. The summed E-state index contributed by atoms with van der Waals surface area (Å²) in [6.45, 7) is 0. The molecule has 3 rings (SSSR count). The number of Topliss-reactive ketones (excluding diaryl/α,β-unsaturated/α-hetero) is 1. The molecule has 0 bridgehead atoms. The largest absolute Gasteiger partial charge is 0.385 e. The molecule has 1 aromatic heterocycles. The second kappa shape index (κ2) is 5.41. The number of aliphatic hydroxyl groups is 1. The standard InChI is InChI=1S/C16H21NO2/c18-15(12-5-2-1-3-6-12)16(19)13-9-8-11-7-4-10-17-14(11)13/h4,7,10,12-13,15,18H,1-3,5-6,8-9H2. The summed E-state index contributed by atoms with van der Waals surface area (Å²) in [6.07, 6.45) is 8.22. The summed E-state index contributed by atoms with van der Waals surface area (Å²) in [6, 6.07) is 3.96. The fourth-order valence-electron chi connectivity index (χ4n) is 3.58. The van der Waals surface area contributed by atoms with Crippen LogP contribution in [0.2, 0.25) is 0 Å². The lowest BCUT2D eigenvalue weighted by Crippen LogP contribution is -2.34. The quantitative estimate of drug-likeness (QED) is 0.907. The maximum atomic E-state index is 12.5. The predicted molar refractivity (Wildman–Crippen MR) is 72.9 cm³/mol. The number of nitrogens with zero attached hydrogens (tertiary/aromatic N) is 1. The molecule has 1 N–H and O–H groups in total. The van der Waals surface area contributed by atoms with Crippen LogP contribution in [0.1, 0.15) is 55.7 Å². The third-order valence-corrected chi connectivity index (χ3v) is 4.69. The Morgan fingerprint density at radius 1 is 1.26 bits per heavy atom. The average Bonchev–Trinajstić information content (AvgIpc) is 2.90.